The van der Waals surface area contributed by atoms with Gasteiger partial charge in [0.2, 0.25) is 0 Å². The zero-order chi connectivity index (χ0) is 12.2. The van der Waals surface area contributed by atoms with Crippen LogP contribution in [0.4, 0.5) is 0 Å². The fourth-order valence-electron chi connectivity index (χ4n) is 1.27. The Kier molecular flexibility index (Phi) is 4.70. The molecule has 4 nitrogen and oxygen atoms in total. The molecule has 0 amide bonds. The van der Waals surface area contributed by atoms with Gasteiger partial charge >= 0.3 is 0 Å². The molecule has 0 aliphatic heterocycles. The minimum Gasteiger partial charge on any atom is -0.387 e. The van der Waals surface area contributed by atoms with E-state index in [4.69, 9.17) is 11.6 Å². The molecule has 6 heteroatoms. The number of aromatic nitrogens is 1. The van der Waals surface area contributed by atoms with Crippen LogP contribution in [0, 0.1) is 0 Å². The Labute approximate surface area is 100 Å². The summed E-state index contributed by atoms with van der Waals surface area (Å²) in [6.45, 7) is 0. The SMILES string of the molecule is CS(=O)(=O)CCCC(O)c1ccc(Cl)cn1. The van der Waals surface area contributed by atoms with Crippen LogP contribution in [0.15, 0.2) is 18.3 Å². The van der Waals surface area contributed by atoms with Crippen molar-refractivity contribution in [1.82, 2.24) is 4.98 Å². The highest BCUT2D eigenvalue weighted by Gasteiger charge is 2.10. The van der Waals surface area contributed by atoms with Crippen molar-refractivity contribution in [3.63, 3.8) is 0 Å². The molecule has 1 heterocycles. The molecule has 0 aliphatic rings. The first-order valence-electron chi connectivity index (χ1n) is 4.86. The van der Waals surface area contributed by atoms with E-state index in [9.17, 15) is 13.5 Å². The van der Waals surface area contributed by atoms with Crippen molar-refractivity contribution < 1.29 is 13.5 Å². The molecule has 0 aliphatic carbocycles. The second-order valence-corrected chi connectivity index (χ2v) is 6.39. The molecule has 0 bridgehead atoms. The molecule has 1 aromatic heterocycles. The summed E-state index contributed by atoms with van der Waals surface area (Å²) in [7, 11) is -2.96. The predicted molar refractivity (Wildman–Crippen MR) is 63.2 cm³/mol. The predicted octanol–water partition coefficient (Wildman–Crippen LogP) is 1.59. The zero-order valence-corrected chi connectivity index (χ0v) is 10.5. The Hall–Kier alpha value is -0.650. The normalized spacial score (nSPS) is 13.7. The van der Waals surface area contributed by atoms with Gasteiger partial charge in [0.1, 0.15) is 9.84 Å². The quantitative estimate of drug-likeness (QED) is 0.876. The van der Waals surface area contributed by atoms with Gasteiger partial charge in [-0.3, -0.25) is 4.98 Å². The largest absolute Gasteiger partial charge is 0.387 e. The molecule has 90 valence electrons. The van der Waals surface area contributed by atoms with Crippen molar-refractivity contribution in [3.05, 3.63) is 29.0 Å². The topological polar surface area (TPSA) is 67.3 Å². The van der Waals surface area contributed by atoms with Crippen molar-refractivity contribution >= 4 is 21.4 Å². The van der Waals surface area contributed by atoms with Crippen LogP contribution in [0.25, 0.3) is 0 Å². The number of pyridine rings is 1. The smallest absolute Gasteiger partial charge is 0.147 e. The number of hydrogen-bond donors (Lipinski definition) is 1. The van der Waals surface area contributed by atoms with Crippen molar-refractivity contribution in [2.24, 2.45) is 0 Å². The zero-order valence-electron chi connectivity index (χ0n) is 8.93. The van der Waals surface area contributed by atoms with Gasteiger partial charge in [0.05, 0.1) is 16.8 Å². The summed E-state index contributed by atoms with van der Waals surface area (Å²) < 4.78 is 21.8. The van der Waals surface area contributed by atoms with Gasteiger partial charge in [-0.05, 0) is 25.0 Å². The molecule has 0 fully saturated rings. The number of nitrogens with zero attached hydrogens (tertiary/aromatic N) is 1. The number of rotatable bonds is 5. The number of sulfone groups is 1. The third-order valence-electron chi connectivity index (χ3n) is 2.08. The first kappa shape index (κ1) is 13.4. The molecule has 0 saturated heterocycles. The Morgan fingerprint density at radius 2 is 2.19 bits per heavy atom. The van der Waals surface area contributed by atoms with Crippen LogP contribution < -0.4 is 0 Å². The summed E-state index contributed by atoms with van der Waals surface area (Å²) in [5, 5.41) is 10.2. The lowest BCUT2D eigenvalue weighted by atomic mass is 10.1. The number of hydrogen-bond acceptors (Lipinski definition) is 4. The number of aliphatic hydroxyl groups excluding tert-OH is 1. The van der Waals surface area contributed by atoms with E-state index in [1.807, 2.05) is 0 Å². The van der Waals surface area contributed by atoms with Crippen LogP contribution >= 0.6 is 11.6 Å². The van der Waals surface area contributed by atoms with E-state index in [0.717, 1.165) is 0 Å². The van der Waals surface area contributed by atoms with E-state index in [0.29, 0.717) is 23.6 Å². The third-order valence-corrected chi connectivity index (χ3v) is 3.34. The average Bonchev–Trinajstić information content (AvgIpc) is 2.16. The lowest BCUT2D eigenvalue weighted by Gasteiger charge is -2.09. The Morgan fingerprint density at radius 3 is 2.69 bits per heavy atom. The monoisotopic (exact) mass is 263 g/mol. The summed E-state index contributed by atoms with van der Waals surface area (Å²) in [6.07, 6.45) is 2.70. The highest BCUT2D eigenvalue weighted by Crippen LogP contribution is 2.17. The van der Waals surface area contributed by atoms with Gasteiger partial charge in [-0.2, -0.15) is 0 Å². The van der Waals surface area contributed by atoms with Gasteiger partial charge in [0, 0.05) is 18.2 Å². The summed E-state index contributed by atoms with van der Waals surface area (Å²) in [5.41, 5.74) is 0.512. The van der Waals surface area contributed by atoms with Gasteiger partial charge in [0.15, 0.2) is 0 Å². The molecule has 1 N–H and O–H groups in total. The molecule has 16 heavy (non-hydrogen) atoms. The van der Waals surface area contributed by atoms with Crippen molar-refractivity contribution in [3.8, 4) is 0 Å². The fourth-order valence-corrected chi connectivity index (χ4v) is 2.07. The van der Waals surface area contributed by atoms with Crippen LogP contribution in [0.2, 0.25) is 5.02 Å². The summed E-state index contributed by atoms with van der Waals surface area (Å²) in [6, 6.07) is 3.27. The third kappa shape index (κ3) is 4.92. The maximum atomic E-state index is 10.9. The van der Waals surface area contributed by atoms with E-state index in [2.05, 4.69) is 4.98 Å². The van der Waals surface area contributed by atoms with Crippen LogP contribution in [0.1, 0.15) is 24.6 Å². The summed E-state index contributed by atoms with van der Waals surface area (Å²) in [4.78, 5) is 3.96. The lowest BCUT2D eigenvalue weighted by molar-refractivity contribution is 0.162. The average molecular weight is 264 g/mol. The van der Waals surface area contributed by atoms with Crippen molar-refractivity contribution in [2.45, 2.75) is 18.9 Å². The van der Waals surface area contributed by atoms with Crippen molar-refractivity contribution in [1.29, 1.82) is 0 Å². The summed E-state index contributed by atoms with van der Waals surface area (Å²) >= 11 is 5.66. The molecule has 1 unspecified atom stereocenters. The van der Waals surface area contributed by atoms with Gasteiger partial charge in [-0.25, -0.2) is 8.42 Å². The fraction of sp³-hybridized carbons (Fsp3) is 0.500. The molecule has 1 atom stereocenters. The maximum absolute atomic E-state index is 10.9. The first-order chi connectivity index (χ1) is 7.38. The van der Waals surface area contributed by atoms with E-state index in [1.165, 1.54) is 12.5 Å². The Balaban J connectivity index is 2.47. The minimum absolute atomic E-state index is 0.0810. The van der Waals surface area contributed by atoms with Crippen LogP contribution in [0.3, 0.4) is 0 Å². The highest BCUT2D eigenvalue weighted by atomic mass is 35.5. The Morgan fingerprint density at radius 1 is 1.50 bits per heavy atom. The molecular weight excluding hydrogens is 250 g/mol. The van der Waals surface area contributed by atoms with Crippen LogP contribution in [-0.4, -0.2) is 30.5 Å². The molecule has 0 aromatic carbocycles. The summed E-state index contributed by atoms with van der Waals surface area (Å²) in [5.74, 6) is 0.0810. The van der Waals surface area contributed by atoms with E-state index in [-0.39, 0.29) is 5.75 Å². The van der Waals surface area contributed by atoms with Gasteiger partial charge in [0.25, 0.3) is 0 Å². The number of aliphatic hydroxyl groups is 1. The second kappa shape index (κ2) is 5.61. The molecule has 1 aromatic rings. The van der Waals surface area contributed by atoms with E-state index in [1.54, 1.807) is 12.1 Å². The first-order valence-corrected chi connectivity index (χ1v) is 7.29. The van der Waals surface area contributed by atoms with Crippen LogP contribution in [0.5, 0.6) is 0 Å². The molecule has 0 radical (unpaired) electrons. The Bertz CT molecular complexity index is 430. The minimum atomic E-state index is -2.96. The standard InChI is InChI=1S/C10H14ClNO3S/c1-16(14,15)6-2-3-10(13)9-5-4-8(11)7-12-9/h4-5,7,10,13H,2-3,6H2,1H3. The highest BCUT2D eigenvalue weighted by molar-refractivity contribution is 7.90. The van der Waals surface area contributed by atoms with Crippen molar-refractivity contribution in [2.75, 3.05) is 12.0 Å². The van der Waals surface area contributed by atoms with Gasteiger partial charge < -0.3 is 5.11 Å². The lowest BCUT2D eigenvalue weighted by Crippen LogP contribution is -2.06. The second-order valence-electron chi connectivity index (χ2n) is 3.69. The molecular formula is C10H14ClNO3S. The van der Waals surface area contributed by atoms with Gasteiger partial charge in [-0.15, -0.1) is 0 Å². The molecule has 1 rings (SSSR count). The van der Waals surface area contributed by atoms with E-state index < -0.39 is 15.9 Å². The number of halogens is 1. The molecule has 0 spiro atoms. The van der Waals surface area contributed by atoms with Crippen LogP contribution in [-0.2, 0) is 9.84 Å². The van der Waals surface area contributed by atoms with Gasteiger partial charge in [-0.1, -0.05) is 11.6 Å². The maximum Gasteiger partial charge on any atom is 0.147 e. The molecule has 0 saturated carbocycles. The van der Waals surface area contributed by atoms with E-state index >= 15 is 0 Å².